The van der Waals surface area contributed by atoms with Crippen LogP contribution in [0.3, 0.4) is 0 Å². The van der Waals surface area contributed by atoms with Crippen molar-refractivity contribution < 1.29 is 9.90 Å². The van der Waals surface area contributed by atoms with E-state index in [4.69, 9.17) is 0 Å². The SMILES string of the molecule is O=C(NC1CCCCCC1)c1c[nH]c(=O)cc1O. The van der Waals surface area contributed by atoms with E-state index >= 15 is 0 Å². The van der Waals surface area contributed by atoms with E-state index in [9.17, 15) is 14.7 Å². The lowest BCUT2D eigenvalue weighted by atomic mass is 10.1. The fourth-order valence-electron chi connectivity index (χ4n) is 2.33. The van der Waals surface area contributed by atoms with Gasteiger partial charge in [-0.25, -0.2) is 0 Å². The summed E-state index contributed by atoms with van der Waals surface area (Å²) in [6.07, 6.45) is 7.91. The summed E-state index contributed by atoms with van der Waals surface area (Å²) < 4.78 is 0. The summed E-state index contributed by atoms with van der Waals surface area (Å²) in [5.74, 6) is -0.597. The second-order valence-corrected chi connectivity index (χ2v) is 4.76. The molecule has 1 fully saturated rings. The van der Waals surface area contributed by atoms with Gasteiger partial charge in [0.1, 0.15) is 5.75 Å². The zero-order chi connectivity index (χ0) is 13.0. The van der Waals surface area contributed by atoms with Gasteiger partial charge >= 0.3 is 0 Å². The summed E-state index contributed by atoms with van der Waals surface area (Å²) in [7, 11) is 0. The summed E-state index contributed by atoms with van der Waals surface area (Å²) in [5, 5.41) is 12.5. The van der Waals surface area contributed by atoms with Crippen LogP contribution in [0.25, 0.3) is 0 Å². The van der Waals surface area contributed by atoms with Crippen molar-refractivity contribution >= 4 is 5.91 Å². The topological polar surface area (TPSA) is 82.2 Å². The van der Waals surface area contributed by atoms with Crippen LogP contribution < -0.4 is 10.9 Å². The molecule has 5 heteroatoms. The number of aromatic hydroxyl groups is 1. The molecule has 1 heterocycles. The van der Waals surface area contributed by atoms with Gasteiger partial charge in [-0.05, 0) is 12.8 Å². The van der Waals surface area contributed by atoms with E-state index in [1.165, 1.54) is 19.0 Å². The van der Waals surface area contributed by atoms with E-state index in [0.29, 0.717) is 0 Å². The van der Waals surface area contributed by atoms with E-state index in [2.05, 4.69) is 10.3 Å². The fraction of sp³-hybridized carbons (Fsp3) is 0.538. The maximum atomic E-state index is 12.0. The Morgan fingerprint density at radius 3 is 2.56 bits per heavy atom. The molecule has 0 aliphatic heterocycles. The molecule has 0 bridgehead atoms. The zero-order valence-corrected chi connectivity index (χ0v) is 10.2. The number of H-pyrrole nitrogens is 1. The summed E-state index contributed by atoms with van der Waals surface area (Å²) in [5.41, 5.74) is -0.294. The van der Waals surface area contributed by atoms with Gasteiger partial charge in [0.25, 0.3) is 11.5 Å². The molecule has 0 spiro atoms. The van der Waals surface area contributed by atoms with Crippen molar-refractivity contribution in [3.63, 3.8) is 0 Å². The average molecular weight is 250 g/mol. The van der Waals surface area contributed by atoms with Crippen molar-refractivity contribution in [1.82, 2.24) is 10.3 Å². The predicted molar refractivity (Wildman–Crippen MR) is 67.7 cm³/mol. The van der Waals surface area contributed by atoms with Crippen LogP contribution in [0.5, 0.6) is 5.75 Å². The summed E-state index contributed by atoms with van der Waals surface area (Å²) in [6, 6.07) is 1.19. The number of hydrogen-bond donors (Lipinski definition) is 3. The highest BCUT2D eigenvalue weighted by Crippen LogP contribution is 2.18. The third kappa shape index (κ3) is 3.12. The molecule has 98 valence electrons. The first-order valence-corrected chi connectivity index (χ1v) is 6.39. The molecule has 0 unspecified atom stereocenters. The summed E-state index contributed by atoms with van der Waals surface area (Å²) in [6.45, 7) is 0. The second-order valence-electron chi connectivity index (χ2n) is 4.76. The van der Waals surface area contributed by atoms with Crippen molar-refractivity contribution in [2.24, 2.45) is 0 Å². The number of carbonyl (C=O) groups is 1. The number of pyridine rings is 1. The Labute approximate surface area is 105 Å². The summed E-state index contributed by atoms with van der Waals surface area (Å²) >= 11 is 0. The van der Waals surface area contributed by atoms with Crippen molar-refractivity contribution in [3.05, 3.63) is 28.2 Å². The lowest BCUT2D eigenvalue weighted by Crippen LogP contribution is -2.34. The van der Waals surface area contributed by atoms with Crippen LogP contribution in [0.4, 0.5) is 0 Å². The van der Waals surface area contributed by atoms with Crippen LogP contribution in [0.2, 0.25) is 0 Å². The van der Waals surface area contributed by atoms with Gasteiger partial charge < -0.3 is 15.4 Å². The van der Waals surface area contributed by atoms with Crippen LogP contribution in [0.1, 0.15) is 48.9 Å². The number of hydrogen-bond acceptors (Lipinski definition) is 3. The Balaban J connectivity index is 2.04. The van der Waals surface area contributed by atoms with Crippen LogP contribution in [-0.2, 0) is 0 Å². The van der Waals surface area contributed by atoms with Gasteiger partial charge in [0, 0.05) is 18.3 Å². The normalized spacial score (nSPS) is 17.1. The molecule has 1 amide bonds. The second kappa shape index (κ2) is 5.71. The highest BCUT2D eigenvalue weighted by Gasteiger charge is 2.17. The predicted octanol–water partition coefficient (Wildman–Crippen LogP) is 1.53. The lowest BCUT2D eigenvalue weighted by molar-refractivity contribution is 0.0930. The molecule has 0 saturated heterocycles. The third-order valence-electron chi connectivity index (χ3n) is 3.34. The molecular formula is C13H18N2O3. The monoisotopic (exact) mass is 250 g/mol. The van der Waals surface area contributed by atoms with E-state index in [1.54, 1.807) is 0 Å². The first-order valence-electron chi connectivity index (χ1n) is 6.39. The van der Waals surface area contributed by atoms with Gasteiger partial charge in [0.2, 0.25) is 0 Å². The van der Waals surface area contributed by atoms with Crippen molar-refractivity contribution in [3.8, 4) is 5.75 Å². The van der Waals surface area contributed by atoms with Gasteiger partial charge in [0.05, 0.1) is 5.56 Å². The maximum Gasteiger partial charge on any atom is 0.256 e. The Bertz CT molecular complexity index is 473. The molecule has 0 radical (unpaired) electrons. The molecule has 0 atom stereocenters. The molecule has 5 nitrogen and oxygen atoms in total. The highest BCUT2D eigenvalue weighted by molar-refractivity contribution is 5.96. The largest absolute Gasteiger partial charge is 0.507 e. The minimum Gasteiger partial charge on any atom is -0.507 e. The van der Waals surface area contributed by atoms with E-state index < -0.39 is 5.56 Å². The molecule has 18 heavy (non-hydrogen) atoms. The van der Waals surface area contributed by atoms with Gasteiger partial charge in [-0.1, -0.05) is 25.7 Å². The summed E-state index contributed by atoms with van der Waals surface area (Å²) in [4.78, 5) is 25.3. The van der Waals surface area contributed by atoms with Crippen molar-refractivity contribution in [2.75, 3.05) is 0 Å². The molecular weight excluding hydrogens is 232 g/mol. The number of amides is 1. The first kappa shape index (κ1) is 12.7. The van der Waals surface area contributed by atoms with Crippen molar-refractivity contribution in [2.45, 2.75) is 44.6 Å². The molecule has 0 aromatic carbocycles. The number of carbonyl (C=O) groups excluding carboxylic acids is 1. The molecule has 1 aromatic rings. The molecule has 1 aromatic heterocycles. The van der Waals surface area contributed by atoms with Gasteiger partial charge in [0.15, 0.2) is 0 Å². The van der Waals surface area contributed by atoms with Crippen LogP contribution >= 0.6 is 0 Å². The Morgan fingerprint density at radius 1 is 1.28 bits per heavy atom. The maximum absolute atomic E-state index is 12.0. The Morgan fingerprint density at radius 2 is 1.94 bits per heavy atom. The smallest absolute Gasteiger partial charge is 0.256 e. The molecule has 1 saturated carbocycles. The van der Waals surface area contributed by atoms with E-state index in [1.807, 2.05) is 0 Å². The molecule has 2 rings (SSSR count). The van der Waals surface area contributed by atoms with Gasteiger partial charge in [-0.3, -0.25) is 9.59 Å². The Hall–Kier alpha value is -1.78. The van der Waals surface area contributed by atoms with Crippen LogP contribution in [0, 0.1) is 0 Å². The number of rotatable bonds is 2. The Kier molecular flexibility index (Phi) is 4.02. The van der Waals surface area contributed by atoms with Gasteiger partial charge in [-0.15, -0.1) is 0 Å². The minimum absolute atomic E-state index is 0.124. The quantitative estimate of drug-likeness (QED) is 0.696. The minimum atomic E-state index is -0.418. The lowest BCUT2D eigenvalue weighted by Gasteiger charge is -2.16. The molecule has 1 aliphatic carbocycles. The molecule has 3 N–H and O–H groups in total. The van der Waals surface area contributed by atoms with Crippen molar-refractivity contribution in [1.29, 1.82) is 0 Å². The third-order valence-corrected chi connectivity index (χ3v) is 3.34. The van der Waals surface area contributed by atoms with Crippen LogP contribution in [0.15, 0.2) is 17.1 Å². The standard InChI is InChI=1S/C13H18N2O3/c16-11-7-12(17)14-8-10(11)13(18)15-9-5-3-1-2-4-6-9/h7-9H,1-6H2,(H,15,18)(H2,14,16,17). The van der Waals surface area contributed by atoms with Crippen LogP contribution in [-0.4, -0.2) is 22.0 Å². The first-order chi connectivity index (χ1) is 8.66. The zero-order valence-electron chi connectivity index (χ0n) is 10.2. The van der Waals surface area contributed by atoms with Gasteiger partial charge in [-0.2, -0.15) is 0 Å². The number of aromatic nitrogens is 1. The average Bonchev–Trinajstić information content (AvgIpc) is 2.57. The number of aromatic amines is 1. The van der Waals surface area contributed by atoms with E-state index in [0.717, 1.165) is 31.7 Å². The molecule has 1 aliphatic rings. The highest BCUT2D eigenvalue weighted by atomic mass is 16.3. The fourth-order valence-corrected chi connectivity index (χ4v) is 2.33. The number of nitrogens with one attached hydrogen (secondary N) is 2. The van der Waals surface area contributed by atoms with E-state index in [-0.39, 0.29) is 23.3 Å².